The number of benzene rings is 1. The van der Waals surface area contributed by atoms with Crippen molar-refractivity contribution in [2.45, 2.75) is 56.8 Å². The number of carbonyl (C=O) groups is 3. The third-order valence-corrected chi connectivity index (χ3v) is 6.46. The summed E-state index contributed by atoms with van der Waals surface area (Å²) < 4.78 is 25.0. The highest BCUT2D eigenvalue weighted by atomic mass is 35.5. The Morgan fingerprint density at radius 2 is 1.80 bits per heavy atom. The molecule has 2 unspecified atom stereocenters. The van der Waals surface area contributed by atoms with Crippen LogP contribution in [0.1, 0.15) is 43.3 Å². The first-order chi connectivity index (χ1) is 16.8. The number of fused-ring (bicyclic) bond motifs is 1. The van der Waals surface area contributed by atoms with Crippen molar-refractivity contribution in [3.63, 3.8) is 0 Å². The predicted molar refractivity (Wildman–Crippen MR) is 119 cm³/mol. The number of halogens is 1. The maximum Gasteiger partial charge on any atom is 0.338 e. The second kappa shape index (κ2) is 8.90. The van der Waals surface area contributed by atoms with E-state index in [2.05, 4.69) is 15.0 Å². The molecule has 182 valence electrons. The first-order valence-electron chi connectivity index (χ1n) is 10.9. The fourth-order valence-corrected chi connectivity index (χ4v) is 4.78. The standard InChI is InChI=1S/C23H21ClN4O7/c1-12(29)32-17-18(33-13(2)30)23(9-8-15(23)34-22(31)14-6-4-3-5-7-14)35-21(17)28-11-27-16-19(24)25-10-26-20(16)28/h3-7,10-11,15,17-18,21H,8-9H2,1-2H3/t15-,17?,18+,21?,23-/m0/s1. The van der Waals surface area contributed by atoms with E-state index >= 15 is 0 Å². The van der Waals surface area contributed by atoms with E-state index in [-0.39, 0.29) is 5.15 Å². The Morgan fingerprint density at radius 1 is 1.06 bits per heavy atom. The summed E-state index contributed by atoms with van der Waals surface area (Å²) in [4.78, 5) is 49.3. The molecule has 1 aliphatic carbocycles. The van der Waals surface area contributed by atoms with Crippen LogP contribution in [-0.2, 0) is 28.5 Å². The Kier molecular flexibility index (Phi) is 5.89. The molecule has 3 heterocycles. The summed E-state index contributed by atoms with van der Waals surface area (Å²) in [5, 5.41) is 0.139. The molecular weight excluding hydrogens is 480 g/mol. The Labute approximate surface area is 204 Å². The molecule has 1 aromatic carbocycles. The van der Waals surface area contributed by atoms with Crippen LogP contribution in [0.15, 0.2) is 43.0 Å². The maximum atomic E-state index is 12.8. The lowest BCUT2D eigenvalue weighted by molar-refractivity contribution is -0.221. The van der Waals surface area contributed by atoms with Gasteiger partial charge in [0.05, 0.1) is 11.9 Å². The zero-order valence-electron chi connectivity index (χ0n) is 18.8. The van der Waals surface area contributed by atoms with Gasteiger partial charge >= 0.3 is 17.9 Å². The minimum Gasteiger partial charge on any atom is -0.456 e. The molecule has 0 amide bonds. The summed E-state index contributed by atoms with van der Waals surface area (Å²) in [6.45, 7) is 2.49. The van der Waals surface area contributed by atoms with Crippen molar-refractivity contribution in [3.05, 3.63) is 53.7 Å². The lowest BCUT2D eigenvalue weighted by atomic mass is 9.72. The Bertz CT molecular complexity index is 1300. The SMILES string of the molecule is CC(=O)OC1C(n2cnc3c(Cl)ncnc32)O[C@]2(CC[C@@H]2OC(=O)c2ccccc2)[C@@H]1OC(C)=O. The van der Waals surface area contributed by atoms with E-state index in [0.717, 1.165) is 0 Å². The van der Waals surface area contributed by atoms with Crippen molar-refractivity contribution in [1.29, 1.82) is 0 Å². The van der Waals surface area contributed by atoms with Gasteiger partial charge in [-0.2, -0.15) is 0 Å². The smallest absolute Gasteiger partial charge is 0.338 e. The molecule has 1 saturated heterocycles. The summed E-state index contributed by atoms with van der Waals surface area (Å²) in [7, 11) is 0. The van der Waals surface area contributed by atoms with Crippen molar-refractivity contribution in [2.75, 3.05) is 0 Å². The minimum absolute atomic E-state index is 0.139. The van der Waals surface area contributed by atoms with Gasteiger partial charge in [-0.15, -0.1) is 0 Å². The molecular formula is C23H21ClN4O7. The van der Waals surface area contributed by atoms with Gasteiger partial charge in [0.1, 0.15) is 23.5 Å². The average Bonchev–Trinajstić information content (AvgIpc) is 3.38. The van der Waals surface area contributed by atoms with Crippen LogP contribution in [0.3, 0.4) is 0 Å². The van der Waals surface area contributed by atoms with Gasteiger partial charge in [0.25, 0.3) is 0 Å². The summed E-state index contributed by atoms with van der Waals surface area (Å²) in [5.74, 6) is -1.75. The first-order valence-corrected chi connectivity index (χ1v) is 11.3. The van der Waals surface area contributed by atoms with Crippen molar-refractivity contribution < 1.29 is 33.3 Å². The van der Waals surface area contributed by atoms with Crippen LogP contribution in [0.2, 0.25) is 5.15 Å². The van der Waals surface area contributed by atoms with Gasteiger partial charge in [-0.1, -0.05) is 29.8 Å². The lowest BCUT2D eigenvalue weighted by Gasteiger charge is -2.47. The van der Waals surface area contributed by atoms with Crippen LogP contribution in [0.4, 0.5) is 0 Å². The van der Waals surface area contributed by atoms with E-state index in [1.807, 2.05) is 0 Å². The van der Waals surface area contributed by atoms with Crippen LogP contribution in [0.5, 0.6) is 0 Å². The Hall–Kier alpha value is -3.57. The molecule has 0 N–H and O–H groups in total. The normalized spacial score (nSPS) is 27.4. The molecule has 35 heavy (non-hydrogen) atoms. The summed E-state index contributed by atoms with van der Waals surface area (Å²) in [6.07, 6.45) is -0.297. The van der Waals surface area contributed by atoms with Crippen LogP contribution < -0.4 is 0 Å². The molecule has 2 fully saturated rings. The monoisotopic (exact) mass is 500 g/mol. The molecule has 1 saturated carbocycles. The number of carbonyl (C=O) groups excluding carboxylic acids is 3. The maximum absolute atomic E-state index is 12.8. The second-order valence-electron chi connectivity index (χ2n) is 8.35. The highest BCUT2D eigenvalue weighted by Gasteiger charge is 2.68. The zero-order chi connectivity index (χ0) is 24.7. The molecule has 5 rings (SSSR count). The molecule has 3 aromatic rings. The van der Waals surface area contributed by atoms with Gasteiger partial charge in [0.2, 0.25) is 0 Å². The van der Waals surface area contributed by atoms with Gasteiger partial charge in [0, 0.05) is 13.8 Å². The number of esters is 3. The van der Waals surface area contributed by atoms with Crippen LogP contribution in [-0.4, -0.2) is 61.3 Å². The van der Waals surface area contributed by atoms with Crippen molar-refractivity contribution in [2.24, 2.45) is 0 Å². The van der Waals surface area contributed by atoms with Crippen LogP contribution >= 0.6 is 11.6 Å². The molecule has 0 bridgehead atoms. The summed E-state index contributed by atoms with van der Waals surface area (Å²) in [6, 6.07) is 8.52. The number of aromatic nitrogens is 4. The van der Waals surface area contributed by atoms with Gasteiger partial charge in [-0.3, -0.25) is 14.2 Å². The molecule has 11 nitrogen and oxygen atoms in total. The van der Waals surface area contributed by atoms with E-state index in [4.69, 9.17) is 30.5 Å². The molecule has 1 spiro atoms. The fourth-order valence-electron chi connectivity index (χ4n) is 4.61. The third-order valence-electron chi connectivity index (χ3n) is 6.19. The number of nitrogens with zero attached hydrogens (tertiary/aromatic N) is 4. The summed E-state index contributed by atoms with van der Waals surface area (Å²) in [5.41, 5.74) is -0.210. The average molecular weight is 501 g/mol. The summed E-state index contributed by atoms with van der Waals surface area (Å²) >= 11 is 6.15. The van der Waals surface area contributed by atoms with Crippen LogP contribution in [0.25, 0.3) is 11.2 Å². The zero-order valence-corrected chi connectivity index (χ0v) is 19.5. The second-order valence-corrected chi connectivity index (χ2v) is 8.71. The molecule has 2 aliphatic rings. The highest BCUT2D eigenvalue weighted by Crippen LogP contribution is 2.53. The van der Waals surface area contributed by atoms with Crippen molar-refractivity contribution in [1.82, 2.24) is 19.5 Å². The predicted octanol–water partition coefficient (Wildman–Crippen LogP) is 2.63. The van der Waals surface area contributed by atoms with Gasteiger partial charge < -0.3 is 18.9 Å². The molecule has 0 radical (unpaired) electrons. The number of imidazole rings is 1. The minimum atomic E-state index is -1.24. The van der Waals surface area contributed by atoms with E-state index in [1.165, 1.54) is 31.1 Å². The largest absolute Gasteiger partial charge is 0.456 e. The highest BCUT2D eigenvalue weighted by molar-refractivity contribution is 6.33. The number of hydrogen-bond donors (Lipinski definition) is 0. The lowest BCUT2D eigenvalue weighted by Crippen LogP contribution is -2.62. The van der Waals surface area contributed by atoms with Crippen molar-refractivity contribution >= 4 is 40.7 Å². The first kappa shape index (κ1) is 23.2. The van der Waals surface area contributed by atoms with Crippen LogP contribution in [0, 0.1) is 0 Å². The quantitative estimate of drug-likeness (QED) is 0.292. The third kappa shape index (κ3) is 4.00. The molecule has 2 aromatic heterocycles. The van der Waals surface area contributed by atoms with Gasteiger partial charge in [0.15, 0.2) is 29.2 Å². The van der Waals surface area contributed by atoms with E-state index in [1.54, 1.807) is 30.3 Å². The number of hydrogen-bond acceptors (Lipinski definition) is 10. The Balaban J connectivity index is 1.54. The fraction of sp³-hybridized carbons (Fsp3) is 0.391. The molecule has 12 heteroatoms. The van der Waals surface area contributed by atoms with Crippen molar-refractivity contribution in [3.8, 4) is 0 Å². The van der Waals surface area contributed by atoms with E-state index in [0.29, 0.717) is 29.6 Å². The van der Waals surface area contributed by atoms with E-state index in [9.17, 15) is 14.4 Å². The van der Waals surface area contributed by atoms with Gasteiger partial charge in [-0.25, -0.2) is 19.7 Å². The van der Waals surface area contributed by atoms with Gasteiger partial charge in [-0.05, 0) is 25.0 Å². The van der Waals surface area contributed by atoms with E-state index < -0.39 is 48.0 Å². The molecule has 5 atom stereocenters. The Morgan fingerprint density at radius 3 is 2.46 bits per heavy atom. The number of rotatable bonds is 5. The topological polar surface area (TPSA) is 132 Å². The number of ether oxygens (including phenoxy) is 4. The molecule has 1 aliphatic heterocycles.